The van der Waals surface area contributed by atoms with Gasteiger partial charge in [0.1, 0.15) is 17.1 Å². The summed E-state index contributed by atoms with van der Waals surface area (Å²) in [6.07, 6.45) is 3.09. The molecule has 1 saturated heterocycles. The van der Waals surface area contributed by atoms with Crippen molar-refractivity contribution in [3.8, 4) is 0 Å². The first-order chi connectivity index (χ1) is 14.9. The fraction of sp³-hybridized carbons (Fsp3) is 0.440. The van der Waals surface area contributed by atoms with Crippen molar-refractivity contribution in [1.82, 2.24) is 10.2 Å². The monoisotopic (exact) mass is 458 g/mol. The number of nitrogens with zero attached hydrogens (tertiary/aromatic N) is 1. The summed E-state index contributed by atoms with van der Waals surface area (Å²) < 4.78 is 11.7. The van der Waals surface area contributed by atoms with Gasteiger partial charge in [0.15, 0.2) is 11.2 Å². The van der Waals surface area contributed by atoms with Crippen molar-refractivity contribution in [1.29, 1.82) is 0 Å². The van der Waals surface area contributed by atoms with Crippen LogP contribution in [0.15, 0.2) is 50.0 Å². The van der Waals surface area contributed by atoms with Gasteiger partial charge in [-0.15, -0.1) is 12.4 Å². The molecular formula is C25H31ClN2O4. The van der Waals surface area contributed by atoms with Crippen LogP contribution in [0.2, 0.25) is 0 Å². The molecule has 0 aliphatic carbocycles. The first kappa shape index (κ1) is 24.1. The number of carbonyl (C=O) groups excluding carboxylic acids is 1. The summed E-state index contributed by atoms with van der Waals surface area (Å²) in [5.41, 5.74) is 1.28. The number of rotatable bonds is 6. The van der Waals surface area contributed by atoms with Gasteiger partial charge in [-0.2, -0.15) is 0 Å². The molecule has 1 atom stereocenters. The molecule has 0 bridgehead atoms. The van der Waals surface area contributed by atoms with E-state index in [-0.39, 0.29) is 29.6 Å². The third kappa shape index (κ3) is 5.25. The maximum absolute atomic E-state index is 12.8. The first-order valence-corrected chi connectivity index (χ1v) is 11.1. The standard InChI is InChI=1S/C25H30N2O4.ClH/c1-4-18-6-8-22-19(13-18)21(28)14-24(31-22)25(29)26-15-20(23-7-5-17(3)30-23)27-11-9-16(2)10-12-27;/h5-8,13-14,16,20H,4,9-12,15H2,1-3H3,(H,26,29);1H. The highest BCUT2D eigenvalue weighted by molar-refractivity contribution is 5.93. The Labute approximate surface area is 194 Å². The van der Waals surface area contributed by atoms with E-state index in [2.05, 4.69) is 17.1 Å². The first-order valence-electron chi connectivity index (χ1n) is 11.1. The lowest BCUT2D eigenvalue weighted by Crippen LogP contribution is -2.41. The Morgan fingerprint density at radius 3 is 2.56 bits per heavy atom. The molecule has 3 aromatic rings. The van der Waals surface area contributed by atoms with Crippen LogP contribution >= 0.6 is 12.4 Å². The van der Waals surface area contributed by atoms with Gasteiger partial charge in [-0.05, 0) is 75.0 Å². The number of amides is 1. The number of piperidine rings is 1. The van der Waals surface area contributed by atoms with Crippen molar-refractivity contribution < 1.29 is 13.6 Å². The van der Waals surface area contributed by atoms with Crippen LogP contribution in [0.1, 0.15) is 60.4 Å². The van der Waals surface area contributed by atoms with Crippen LogP contribution in [0.25, 0.3) is 11.0 Å². The number of hydrogen-bond acceptors (Lipinski definition) is 5. The van der Waals surface area contributed by atoms with Gasteiger partial charge in [-0.3, -0.25) is 14.5 Å². The molecule has 7 heteroatoms. The van der Waals surface area contributed by atoms with E-state index in [4.69, 9.17) is 8.83 Å². The number of hydrogen-bond donors (Lipinski definition) is 1. The molecule has 172 valence electrons. The molecule has 4 rings (SSSR count). The molecular weight excluding hydrogens is 428 g/mol. The van der Waals surface area contributed by atoms with E-state index < -0.39 is 5.91 Å². The zero-order chi connectivity index (χ0) is 22.0. The van der Waals surface area contributed by atoms with Crippen molar-refractivity contribution in [3.05, 3.63) is 69.5 Å². The molecule has 2 aromatic heterocycles. The van der Waals surface area contributed by atoms with Crippen molar-refractivity contribution in [3.63, 3.8) is 0 Å². The lowest BCUT2D eigenvalue weighted by Gasteiger charge is -2.35. The average Bonchev–Trinajstić information content (AvgIpc) is 3.20. The number of nitrogens with one attached hydrogen (secondary N) is 1. The maximum Gasteiger partial charge on any atom is 0.287 e. The summed E-state index contributed by atoms with van der Waals surface area (Å²) in [5.74, 6) is 2.05. The van der Waals surface area contributed by atoms with Crippen LogP contribution in [0.5, 0.6) is 0 Å². The zero-order valence-corrected chi connectivity index (χ0v) is 19.7. The molecule has 1 fully saturated rings. The summed E-state index contributed by atoms with van der Waals surface area (Å²) in [6, 6.07) is 10.7. The molecule has 3 heterocycles. The number of carbonyl (C=O) groups is 1. The molecule has 1 unspecified atom stereocenters. The predicted molar refractivity (Wildman–Crippen MR) is 128 cm³/mol. The second kappa shape index (κ2) is 10.4. The van der Waals surface area contributed by atoms with Gasteiger partial charge < -0.3 is 14.2 Å². The third-order valence-electron chi connectivity index (χ3n) is 6.23. The number of halogens is 1. The average molecular weight is 459 g/mol. The van der Waals surface area contributed by atoms with Gasteiger partial charge in [-0.1, -0.05) is 19.9 Å². The molecule has 1 N–H and O–H groups in total. The molecule has 0 spiro atoms. The van der Waals surface area contributed by atoms with Crippen molar-refractivity contribution in [2.24, 2.45) is 5.92 Å². The molecule has 1 aliphatic rings. The third-order valence-corrected chi connectivity index (χ3v) is 6.23. The molecule has 1 amide bonds. The molecule has 0 radical (unpaired) electrons. The number of likely N-dealkylation sites (tertiary alicyclic amines) is 1. The Morgan fingerprint density at radius 1 is 1.16 bits per heavy atom. The van der Waals surface area contributed by atoms with Crippen LogP contribution in [0.3, 0.4) is 0 Å². The normalized spacial score (nSPS) is 16.0. The van der Waals surface area contributed by atoms with Crippen molar-refractivity contribution in [2.45, 2.75) is 46.1 Å². The topological polar surface area (TPSA) is 75.7 Å². The number of benzene rings is 1. The predicted octanol–water partition coefficient (Wildman–Crippen LogP) is 4.88. The highest BCUT2D eigenvalue weighted by atomic mass is 35.5. The van der Waals surface area contributed by atoms with E-state index in [0.29, 0.717) is 23.4 Å². The van der Waals surface area contributed by atoms with Gasteiger partial charge >= 0.3 is 0 Å². The minimum atomic E-state index is -0.391. The van der Waals surface area contributed by atoms with E-state index in [1.165, 1.54) is 6.07 Å². The van der Waals surface area contributed by atoms with E-state index in [1.807, 2.05) is 38.1 Å². The van der Waals surface area contributed by atoms with Crippen molar-refractivity contribution in [2.75, 3.05) is 19.6 Å². The quantitative estimate of drug-likeness (QED) is 0.569. The van der Waals surface area contributed by atoms with E-state index >= 15 is 0 Å². The summed E-state index contributed by atoms with van der Waals surface area (Å²) in [4.78, 5) is 27.8. The fourth-order valence-electron chi connectivity index (χ4n) is 4.19. The summed E-state index contributed by atoms with van der Waals surface area (Å²) in [5, 5.41) is 3.46. The second-order valence-electron chi connectivity index (χ2n) is 8.55. The summed E-state index contributed by atoms with van der Waals surface area (Å²) in [7, 11) is 0. The Kier molecular flexibility index (Phi) is 7.80. The Bertz CT molecular complexity index is 1130. The number of fused-ring (bicyclic) bond motifs is 1. The Morgan fingerprint density at radius 2 is 1.91 bits per heavy atom. The second-order valence-corrected chi connectivity index (χ2v) is 8.55. The van der Waals surface area contributed by atoms with Crippen LogP contribution < -0.4 is 10.7 Å². The minimum Gasteiger partial charge on any atom is -0.465 e. The molecule has 6 nitrogen and oxygen atoms in total. The maximum atomic E-state index is 12.8. The lowest BCUT2D eigenvalue weighted by molar-refractivity contribution is 0.0870. The van der Waals surface area contributed by atoms with Gasteiger partial charge in [0.2, 0.25) is 0 Å². The summed E-state index contributed by atoms with van der Waals surface area (Å²) in [6.45, 7) is 8.54. The smallest absolute Gasteiger partial charge is 0.287 e. The highest BCUT2D eigenvalue weighted by Gasteiger charge is 2.27. The van der Waals surface area contributed by atoms with Gasteiger partial charge in [0, 0.05) is 12.6 Å². The largest absolute Gasteiger partial charge is 0.465 e. The Balaban J connectivity index is 0.00000289. The van der Waals surface area contributed by atoms with Crippen LogP contribution in [0.4, 0.5) is 0 Å². The highest BCUT2D eigenvalue weighted by Crippen LogP contribution is 2.27. The van der Waals surface area contributed by atoms with E-state index in [1.54, 1.807) is 6.07 Å². The zero-order valence-electron chi connectivity index (χ0n) is 18.8. The minimum absolute atomic E-state index is 0. The number of aryl methyl sites for hydroxylation is 2. The molecule has 0 saturated carbocycles. The van der Waals surface area contributed by atoms with Crippen molar-refractivity contribution >= 4 is 29.3 Å². The SMILES string of the molecule is CCc1ccc2oc(C(=O)NCC(c3ccc(C)o3)N3CCC(C)CC3)cc(=O)c2c1.Cl. The summed E-state index contributed by atoms with van der Waals surface area (Å²) >= 11 is 0. The van der Waals surface area contributed by atoms with Crippen LogP contribution in [0, 0.1) is 12.8 Å². The van der Waals surface area contributed by atoms with E-state index in [0.717, 1.165) is 49.4 Å². The van der Waals surface area contributed by atoms with Gasteiger partial charge in [0.25, 0.3) is 5.91 Å². The van der Waals surface area contributed by atoms with Crippen LogP contribution in [-0.2, 0) is 6.42 Å². The molecule has 1 aromatic carbocycles. The van der Waals surface area contributed by atoms with Gasteiger partial charge in [-0.25, -0.2) is 0 Å². The fourth-order valence-corrected chi connectivity index (χ4v) is 4.19. The van der Waals surface area contributed by atoms with Gasteiger partial charge in [0.05, 0.1) is 11.4 Å². The lowest BCUT2D eigenvalue weighted by atomic mass is 9.97. The number of furan rings is 1. The Hall–Kier alpha value is -2.57. The molecule has 1 aliphatic heterocycles. The van der Waals surface area contributed by atoms with E-state index in [9.17, 15) is 9.59 Å². The molecule has 32 heavy (non-hydrogen) atoms. The van der Waals surface area contributed by atoms with Crippen LogP contribution in [-0.4, -0.2) is 30.4 Å².